The Bertz CT molecular complexity index is 954. The zero-order chi connectivity index (χ0) is 18.8. The van der Waals surface area contributed by atoms with Crippen LogP contribution in [0.3, 0.4) is 0 Å². The summed E-state index contributed by atoms with van der Waals surface area (Å²) in [6, 6.07) is 8.13. The molecule has 6 nitrogen and oxygen atoms in total. The summed E-state index contributed by atoms with van der Waals surface area (Å²) in [5.74, 6) is -0.331. The number of aromatic nitrogens is 4. The number of alkyl halides is 2. The molecule has 0 aliphatic rings. The standard InChI is InChI=1S/C16H13Cl2F2N5O/c1-9-6-14(21-15(26)13-4-5-24(22-13)16(19)20)23-25(9)8-10-2-3-11(17)12(18)7-10/h2-7,16H,8H2,1H3,(H,21,23,26). The first-order valence-electron chi connectivity index (χ1n) is 7.46. The number of rotatable bonds is 5. The van der Waals surface area contributed by atoms with Crippen LogP contribution >= 0.6 is 23.2 Å². The molecule has 0 aliphatic heterocycles. The lowest BCUT2D eigenvalue weighted by molar-refractivity contribution is 0.0561. The highest BCUT2D eigenvalue weighted by molar-refractivity contribution is 6.42. The van der Waals surface area contributed by atoms with Gasteiger partial charge < -0.3 is 5.32 Å². The Morgan fingerprint density at radius 1 is 1.19 bits per heavy atom. The van der Waals surface area contributed by atoms with E-state index in [0.29, 0.717) is 27.1 Å². The molecular formula is C16H13Cl2F2N5O. The van der Waals surface area contributed by atoms with E-state index in [1.807, 2.05) is 13.0 Å². The van der Waals surface area contributed by atoms with Crippen molar-refractivity contribution in [3.63, 3.8) is 0 Å². The van der Waals surface area contributed by atoms with E-state index >= 15 is 0 Å². The van der Waals surface area contributed by atoms with E-state index in [1.54, 1.807) is 22.9 Å². The molecule has 2 aromatic heterocycles. The molecule has 0 unspecified atom stereocenters. The molecule has 2 heterocycles. The first-order valence-corrected chi connectivity index (χ1v) is 8.22. The zero-order valence-corrected chi connectivity index (χ0v) is 15.0. The van der Waals surface area contributed by atoms with Crippen LogP contribution < -0.4 is 5.32 Å². The van der Waals surface area contributed by atoms with Crippen molar-refractivity contribution in [1.82, 2.24) is 19.6 Å². The molecule has 1 aromatic carbocycles. The molecule has 0 spiro atoms. The van der Waals surface area contributed by atoms with Crippen molar-refractivity contribution in [2.45, 2.75) is 20.0 Å². The van der Waals surface area contributed by atoms with Gasteiger partial charge in [0.05, 0.1) is 16.6 Å². The average molecular weight is 400 g/mol. The maximum Gasteiger partial charge on any atom is 0.333 e. The second-order valence-corrected chi connectivity index (χ2v) is 6.30. The van der Waals surface area contributed by atoms with Crippen LogP contribution in [0.5, 0.6) is 0 Å². The molecule has 1 amide bonds. The van der Waals surface area contributed by atoms with Crippen LogP contribution in [0, 0.1) is 6.92 Å². The van der Waals surface area contributed by atoms with Crippen LogP contribution in [0.15, 0.2) is 36.5 Å². The minimum absolute atomic E-state index is 0.123. The highest BCUT2D eigenvalue weighted by Gasteiger charge is 2.15. The number of hydrogen-bond donors (Lipinski definition) is 1. The Labute approximate surface area is 157 Å². The van der Waals surface area contributed by atoms with Crippen molar-refractivity contribution in [3.8, 4) is 0 Å². The van der Waals surface area contributed by atoms with E-state index in [9.17, 15) is 13.6 Å². The van der Waals surface area contributed by atoms with Crippen molar-refractivity contribution in [3.05, 3.63) is 63.5 Å². The summed E-state index contributed by atoms with van der Waals surface area (Å²) in [6.45, 7) is -0.547. The molecule has 1 N–H and O–H groups in total. The summed E-state index contributed by atoms with van der Waals surface area (Å²) >= 11 is 11.9. The third kappa shape index (κ3) is 4.03. The highest BCUT2D eigenvalue weighted by Crippen LogP contribution is 2.23. The molecular weight excluding hydrogens is 387 g/mol. The topological polar surface area (TPSA) is 64.7 Å². The molecule has 0 saturated heterocycles. The van der Waals surface area contributed by atoms with Gasteiger partial charge >= 0.3 is 6.55 Å². The maximum atomic E-state index is 12.5. The van der Waals surface area contributed by atoms with Gasteiger partial charge in [0.15, 0.2) is 11.5 Å². The smallest absolute Gasteiger partial charge is 0.304 e. The number of nitrogens with one attached hydrogen (secondary N) is 1. The van der Waals surface area contributed by atoms with Gasteiger partial charge in [-0.15, -0.1) is 0 Å². The van der Waals surface area contributed by atoms with Gasteiger partial charge in [0.25, 0.3) is 5.91 Å². The second kappa shape index (κ2) is 7.43. The number of carbonyl (C=O) groups is 1. The van der Waals surface area contributed by atoms with Gasteiger partial charge in [0, 0.05) is 18.0 Å². The van der Waals surface area contributed by atoms with Crippen LogP contribution in [0.2, 0.25) is 10.0 Å². The SMILES string of the molecule is Cc1cc(NC(=O)c2ccn(C(F)F)n2)nn1Cc1ccc(Cl)c(Cl)c1. The zero-order valence-electron chi connectivity index (χ0n) is 13.5. The first-order chi connectivity index (χ1) is 12.3. The van der Waals surface area contributed by atoms with Gasteiger partial charge in [0.2, 0.25) is 0 Å². The molecule has 136 valence electrons. The third-order valence-corrected chi connectivity index (χ3v) is 4.32. The third-order valence-electron chi connectivity index (χ3n) is 3.58. The summed E-state index contributed by atoms with van der Waals surface area (Å²) in [4.78, 5) is 12.1. The normalized spacial score (nSPS) is 11.2. The molecule has 0 fully saturated rings. The van der Waals surface area contributed by atoms with Crippen molar-refractivity contribution < 1.29 is 13.6 Å². The van der Waals surface area contributed by atoms with Crippen LogP contribution in [0.25, 0.3) is 0 Å². The van der Waals surface area contributed by atoms with E-state index in [2.05, 4.69) is 15.5 Å². The Balaban J connectivity index is 1.72. The Morgan fingerprint density at radius 2 is 1.96 bits per heavy atom. The fourth-order valence-corrected chi connectivity index (χ4v) is 2.61. The van der Waals surface area contributed by atoms with Crippen molar-refractivity contribution in [2.24, 2.45) is 0 Å². The van der Waals surface area contributed by atoms with E-state index in [0.717, 1.165) is 17.5 Å². The Morgan fingerprint density at radius 3 is 2.62 bits per heavy atom. The number of carbonyl (C=O) groups excluding carboxylic acids is 1. The molecule has 10 heteroatoms. The summed E-state index contributed by atoms with van der Waals surface area (Å²) < 4.78 is 27.1. The predicted octanol–water partition coefficient (Wildman–Crippen LogP) is 4.39. The molecule has 3 aromatic rings. The molecule has 0 saturated carbocycles. The van der Waals surface area contributed by atoms with Gasteiger partial charge in [-0.3, -0.25) is 9.48 Å². The largest absolute Gasteiger partial charge is 0.333 e. The Kier molecular flexibility index (Phi) is 5.24. The summed E-state index contributed by atoms with van der Waals surface area (Å²) in [5, 5.41) is 11.2. The van der Waals surface area contributed by atoms with E-state index in [4.69, 9.17) is 23.2 Å². The molecule has 0 radical (unpaired) electrons. The number of nitrogens with zero attached hydrogens (tertiary/aromatic N) is 4. The Hall–Kier alpha value is -2.45. The number of benzene rings is 1. The lowest BCUT2D eigenvalue weighted by Gasteiger charge is -2.06. The van der Waals surface area contributed by atoms with Crippen LogP contribution in [-0.4, -0.2) is 25.5 Å². The number of anilines is 1. The molecule has 0 atom stereocenters. The van der Waals surface area contributed by atoms with Gasteiger partial charge in [-0.05, 0) is 30.7 Å². The highest BCUT2D eigenvalue weighted by atomic mass is 35.5. The van der Waals surface area contributed by atoms with Crippen molar-refractivity contribution in [2.75, 3.05) is 5.32 Å². The lowest BCUT2D eigenvalue weighted by atomic mass is 10.2. The summed E-state index contributed by atoms with van der Waals surface area (Å²) in [5.41, 5.74) is 1.56. The van der Waals surface area contributed by atoms with E-state index in [1.165, 1.54) is 6.07 Å². The van der Waals surface area contributed by atoms with Gasteiger partial charge in [0.1, 0.15) is 0 Å². The fourth-order valence-electron chi connectivity index (χ4n) is 2.29. The van der Waals surface area contributed by atoms with Crippen LogP contribution in [-0.2, 0) is 6.54 Å². The van der Waals surface area contributed by atoms with E-state index < -0.39 is 12.5 Å². The predicted molar refractivity (Wildman–Crippen MR) is 94.0 cm³/mol. The molecule has 0 aliphatic carbocycles. The summed E-state index contributed by atoms with van der Waals surface area (Å²) in [7, 11) is 0. The van der Waals surface area contributed by atoms with Gasteiger partial charge in [-0.25, -0.2) is 4.68 Å². The number of aryl methyl sites for hydroxylation is 1. The van der Waals surface area contributed by atoms with Gasteiger partial charge in [-0.2, -0.15) is 19.0 Å². The molecule has 26 heavy (non-hydrogen) atoms. The average Bonchev–Trinajstić information content (AvgIpc) is 3.19. The van der Waals surface area contributed by atoms with Crippen LogP contribution in [0.4, 0.5) is 14.6 Å². The number of halogens is 4. The maximum absolute atomic E-state index is 12.5. The quantitative estimate of drug-likeness (QED) is 0.691. The number of amides is 1. The first kappa shape index (κ1) is 18.3. The number of hydrogen-bond acceptors (Lipinski definition) is 3. The lowest BCUT2D eigenvalue weighted by Crippen LogP contribution is -2.14. The molecule has 3 rings (SSSR count). The van der Waals surface area contributed by atoms with E-state index in [-0.39, 0.29) is 5.69 Å². The van der Waals surface area contributed by atoms with Crippen molar-refractivity contribution in [1.29, 1.82) is 0 Å². The molecule has 0 bridgehead atoms. The summed E-state index contributed by atoms with van der Waals surface area (Å²) in [6.07, 6.45) is 1.04. The fraction of sp³-hybridized carbons (Fsp3) is 0.188. The van der Waals surface area contributed by atoms with Crippen molar-refractivity contribution >= 4 is 34.9 Å². The second-order valence-electron chi connectivity index (χ2n) is 5.49. The minimum Gasteiger partial charge on any atom is -0.304 e. The van der Waals surface area contributed by atoms with Gasteiger partial charge in [-0.1, -0.05) is 29.3 Å². The van der Waals surface area contributed by atoms with Crippen LogP contribution in [0.1, 0.15) is 28.3 Å². The minimum atomic E-state index is -2.80. The monoisotopic (exact) mass is 399 g/mol.